The Morgan fingerprint density at radius 1 is 0.788 bits per heavy atom. The largest absolute Gasteiger partial charge is 0.573 e. The second-order valence-corrected chi connectivity index (χ2v) is 6.70. The van der Waals surface area contributed by atoms with E-state index in [0.29, 0.717) is 0 Å². The molecule has 0 fully saturated rings. The van der Waals surface area contributed by atoms with E-state index >= 15 is 0 Å². The van der Waals surface area contributed by atoms with Crippen LogP contribution in [-0.4, -0.2) is 33.8 Å². The molecule has 0 bridgehead atoms. The number of halogens is 6. The SMILES string of the molecule is O=C(O)C(Cc1ncccn1)(c1cccc(OC(F)(F)F)c1)c1cccc(OC(F)(F)F)c1. The number of ether oxygens (including phenoxy) is 2. The van der Waals surface area contributed by atoms with Gasteiger partial charge in [-0.25, -0.2) is 9.97 Å². The minimum Gasteiger partial charge on any atom is -0.480 e. The fourth-order valence-corrected chi connectivity index (χ4v) is 3.27. The molecule has 0 saturated carbocycles. The van der Waals surface area contributed by atoms with Gasteiger partial charge in [0.25, 0.3) is 0 Å². The van der Waals surface area contributed by atoms with Crippen LogP contribution in [0.25, 0.3) is 0 Å². The number of carbonyl (C=O) groups is 1. The summed E-state index contributed by atoms with van der Waals surface area (Å²) in [4.78, 5) is 20.6. The van der Waals surface area contributed by atoms with E-state index in [9.17, 15) is 36.2 Å². The Morgan fingerprint density at radius 2 is 1.24 bits per heavy atom. The van der Waals surface area contributed by atoms with Crippen molar-refractivity contribution in [1.82, 2.24) is 9.97 Å². The molecule has 2 aromatic carbocycles. The molecular weight excluding hydrogens is 458 g/mol. The molecule has 12 heteroatoms. The Hall–Kier alpha value is -3.83. The molecule has 0 unspecified atom stereocenters. The van der Waals surface area contributed by atoms with Gasteiger partial charge in [-0.3, -0.25) is 4.79 Å². The highest BCUT2D eigenvalue weighted by Gasteiger charge is 2.44. The minimum absolute atomic E-state index is 0.0100. The van der Waals surface area contributed by atoms with Crippen molar-refractivity contribution in [3.63, 3.8) is 0 Å². The van der Waals surface area contributed by atoms with Gasteiger partial charge in [0, 0.05) is 18.8 Å². The topological polar surface area (TPSA) is 81.5 Å². The Morgan fingerprint density at radius 3 is 1.64 bits per heavy atom. The average Bonchev–Trinajstić information content (AvgIpc) is 2.70. The highest BCUT2D eigenvalue weighted by atomic mass is 19.4. The van der Waals surface area contributed by atoms with Gasteiger partial charge in [0.05, 0.1) is 0 Å². The van der Waals surface area contributed by atoms with Crippen LogP contribution in [0.2, 0.25) is 0 Å². The van der Waals surface area contributed by atoms with Crippen LogP contribution in [0.4, 0.5) is 26.3 Å². The van der Waals surface area contributed by atoms with Crippen LogP contribution >= 0.6 is 0 Å². The number of nitrogens with zero attached hydrogens (tertiary/aromatic N) is 2. The first-order valence-electron chi connectivity index (χ1n) is 9.11. The summed E-state index contributed by atoms with van der Waals surface area (Å²) >= 11 is 0. The van der Waals surface area contributed by atoms with Crippen LogP contribution in [0.1, 0.15) is 17.0 Å². The number of aliphatic carboxylic acids is 1. The second kappa shape index (κ2) is 8.96. The van der Waals surface area contributed by atoms with E-state index in [2.05, 4.69) is 19.4 Å². The zero-order valence-corrected chi connectivity index (χ0v) is 16.4. The number of carboxylic acids is 1. The molecule has 174 valence electrons. The maximum atomic E-state index is 12.7. The van der Waals surface area contributed by atoms with Crippen molar-refractivity contribution in [3.8, 4) is 11.5 Å². The van der Waals surface area contributed by atoms with Crippen LogP contribution in [0.5, 0.6) is 11.5 Å². The summed E-state index contributed by atoms with van der Waals surface area (Å²) in [6, 6.07) is 9.80. The van der Waals surface area contributed by atoms with Gasteiger partial charge in [0.2, 0.25) is 0 Å². The van der Waals surface area contributed by atoms with Gasteiger partial charge in [-0.15, -0.1) is 26.3 Å². The lowest BCUT2D eigenvalue weighted by Gasteiger charge is -2.31. The molecule has 0 aliphatic rings. The lowest BCUT2D eigenvalue weighted by Crippen LogP contribution is -2.40. The zero-order chi connectivity index (χ0) is 24.3. The number of alkyl halides is 6. The van der Waals surface area contributed by atoms with Gasteiger partial charge in [0.15, 0.2) is 0 Å². The van der Waals surface area contributed by atoms with E-state index in [0.717, 1.165) is 36.4 Å². The first-order chi connectivity index (χ1) is 15.4. The number of rotatable bonds is 7. The molecule has 1 heterocycles. The molecule has 0 aliphatic heterocycles. The van der Waals surface area contributed by atoms with E-state index in [1.54, 1.807) is 0 Å². The van der Waals surface area contributed by atoms with Crippen LogP contribution in [0, 0.1) is 0 Å². The van der Waals surface area contributed by atoms with Crippen molar-refractivity contribution >= 4 is 5.97 Å². The van der Waals surface area contributed by atoms with E-state index in [4.69, 9.17) is 0 Å². The summed E-state index contributed by atoms with van der Waals surface area (Å²) in [6.07, 6.45) is -7.95. The lowest BCUT2D eigenvalue weighted by molar-refractivity contribution is -0.275. The Kier molecular flexibility index (Phi) is 6.47. The molecular formula is C21H14F6N2O4. The molecule has 3 aromatic rings. The van der Waals surface area contributed by atoms with Gasteiger partial charge >= 0.3 is 18.7 Å². The molecule has 6 nitrogen and oxygen atoms in total. The lowest BCUT2D eigenvalue weighted by atomic mass is 9.71. The van der Waals surface area contributed by atoms with Gasteiger partial charge in [-0.05, 0) is 41.5 Å². The van der Waals surface area contributed by atoms with Crippen molar-refractivity contribution in [2.45, 2.75) is 24.6 Å². The number of carboxylic acid groups (broad SMARTS) is 1. The highest BCUT2D eigenvalue weighted by molar-refractivity contribution is 5.86. The van der Waals surface area contributed by atoms with Crippen LogP contribution in [-0.2, 0) is 16.6 Å². The van der Waals surface area contributed by atoms with Crippen molar-refractivity contribution in [3.05, 3.63) is 83.9 Å². The molecule has 0 aliphatic carbocycles. The van der Waals surface area contributed by atoms with Gasteiger partial charge in [-0.1, -0.05) is 24.3 Å². The van der Waals surface area contributed by atoms with Crippen LogP contribution in [0.3, 0.4) is 0 Å². The summed E-state index contributed by atoms with van der Waals surface area (Å²) in [6.45, 7) is 0. The second-order valence-electron chi connectivity index (χ2n) is 6.70. The van der Waals surface area contributed by atoms with Gasteiger partial charge in [-0.2, -0.15) is 0 Å². The maximum absolute atomic E-state index is 12.7. The molecule has 3 rings (SSSR count). The molecule has 0 spiro atoms. The maximum Gasteiger partial charge on any atom is 0.573 e. The predicted molar refractivity (Wildman–Crippen MR) is 100 cm³/mol. The first-order valence-corrected chi connectivity index (χ1v) is 9.11. The molecule has 0 atom stereocenters. The molecule has 0 amide bonds. The number of hydrogen-bond acceptors (Lipinski definition) is 5. The average molecular weight is 472 g/mol. The molecule has 0 radical (unpaired) electrons. The van der Waals surface area contributed by atoms with E-state index in [1.807, 2.05) is 0 Å². The summed E-state index contributed by atoms with van der Waals surface area (Å²) < 4.78 is 84.2. The van der Waals surface area contributed by atoms with Crippen molar-refractivity contribution in [2.75, 3.05) is 0 Å². The summed E-state index contributed by atoms with van der Waals surface area (Å²) in [5.41, 5.74) is -2.58. The zero-order valence-electron chi connectivity index (χ0n) is 16.4. The monoisotopic (exact) mass is 472 g/mol. The third kappa shape index (κ3) is 5.90. The van der Waals surface area contributed by atoms with Crippen LogP contribution in [0.15, 0.2) is 67.0 Å². The van der Waals surface area contributed by atoms with Gasteiger partial charge < -0.3 is 14.6 Å². The highest BCUT2D eigenvalue weighted by Crippen LogP contribution is 2.39. The minimum atomic E-state index is -5.05. The summed E-state index contributed by atoms with van der Waals surface area (Å²) in [5, 5.41) is 10.3. The van der Waals surface area contributed by atoms with E-state index < -0.39 is 42.0 Å². The van der Waals surface area contributed by atoms with Crippen LogP contribution < -0.4 is 9.47 Å². The number of aromatic nitrogens is 2. The third-order valence-corrected chi connectivity index (χ3v) is 4.53. The van der Waals surface area contributed by atoms with Crippen molar-refractivity contribution in [1.29, 1.82) is 0 Å². The van der Waals surface area contributed by atoms with Gasteiger partial charge in [0.1, 0.15) is 22.7 Å². The standard InChI is InChI=1S/C21H14F6N2O4/c22-20(23,24)32-15-6-1-4-13(10-15)19(18(30)31,12-17-28-8-3-9-29-17)14-5-2-7-16(11-14)33-21(25,26)27/h1-11H,12H2,(H,30,31). The Balaban J connectivity index is 2.22. The van der Waals surface area contributed by atoms with E-state index in [-0.39, 0.29) is 17.0 Å². The number of benzene rings is 2. The van der Waals surface area contributed by atoms with Crippen molar-refractivity contribution in [2.24, 2.45) is 0 Å². The summed E-state index contributed by atoms with van der Waals surface area (Å²) in [5.74, 6) is -2.99. The Bertz CT molecular complexity index is 1060. The predicted octanol–water partition coefficient (Wildman–Crippen LogP) is 4.89. The normalized spacial score (nSPS) is 12.3. The molecule has 33 heavy (non-hydrogen) atoms. The smallest absolute Gasteiger partial charge is 0.480 e. The number of hydrogen-bond donors (Lipinski definition) is 1. The molecule has 1 aromatic heterocycles. The molecule has 0 saturated heterocycles. The fraction of sp³-hybridized carbons (Fsp3) is 0.190. The third-order valence-electron chi connectivity index (χ3n) is 4.53. The van der Waals surface area contributed by atoms with Crippen molar-refractivity contribution < 1.29 is 45.7 Å². The first kappa shape index (κ1) is 23.8. The molecule has 1 N–H and O–H groups in total. The Labute approximate surface area is 182 Å². The van der Waals surface area contributed by atoms with E-state index in [1.165, 1.54) is 30.6 Å². The fourth-order valence-electron chi connectivity index (χ4n) is 3.27. The summed E-state index contributed by atoms with van der Waals surface area (Å²) in [7, 11) is 0. The quantitative estimate of drug-likeness (QED) is 0.494.